The largest absolute Gasteiger partial charge is 0.393 e. The molecule has 118 valence electrons. The quantitative estimate of drug-likeness (QED) is 0.598. The van der Waals surface area contributed by atoms with Crippen molar-refractivity contribution in [2.24, 2.45) is 0 Å². The van der Waals surface area contributed by atoms with Gasteiger partial charge < -0.3 is 0 Å². The molecular weight excluding hydrogens is 299 g/mol. The van der Waals surface area contributed by atoms with Gasteiger partial charge in [-0.15, -0.1) is 0 Å². The molecule has 0 atom stereocenters. The topological polar surface area (TPSA) is 12.9 Å². The summed E-state index contributed by atoms with van der Waals surface area (Å²) < 4.78 is 38.5. The molecule has 4 heteroatoms. The lowest BCUT2D eigenvalue weighted by molar-refractivity contribution is -0.127. The van der Waals surface area contributed by atoms with Gasteiger partial charge in [-0.1, -0.05) is 42.5 Å². The van der Waals surface area contributed by atoms with Crippen molar-refractivity contribution < 1.29 is 13.2 Å². The monoisotopic (exact) mass is 315 g/mol. The number of rotatable bonds is 2. The number of hydrogen-bond acceptors (Lipinski definition) is 1. The van der Waals surface area contributed by atoms with Crippen LogP contribution in [0.5, 0.6) is 0 Å². The molecule has 3 rings (SSSR count). The minimum Gasteiger partial charge on any atom is -0.247 e. The number of alkyl halides is 3. The van der Waals surface area contributed by atoms with Crippen LogP contribution in [0, 0.1) is 13.8 Å². The van der Waals surface area contributed by atoms with Crippen LogP contribution in [-0.4, -0.2) is 11.2 Å². The van der Waals surface area contributed by atoms with Crippen molar-refractivity contribution >= 4 is 10.9 Å². The number of fused-ring (bicyclic) bond motifs is 1. The number of aryl methyl sites for hydroxylation is 2. The molecule has 0 saturated carbocycles. The van der Waals surface area contributed by atoms with Gasteiger partial charge in [0, 0.05) is 10.9 Å². The van der Waals surface area contributed by atoms with Gasteiger partial charge in [0.2, 0.25) is 0 Å². The lowest BCUT2D eigenvalue weighted by Gasteiger charge is -2.14. The Morgan fingerprint density at radius 3 is 2.39 bits per heavy atom. The summed E-state index contributed by atoms with van der Waals surface area (Å²) in [6, 6.07) is 14.5. The molecule has 2 aromatic carbocycles. The maximum Gasteiger partial charge on any atom is 0.393 e. The van der Waals surface area contributed by atoms with Gasteiger partial charge in [0.05, 0.1) is 17.6 Å². The highest BCUT2D eigenvalue weighted by molar-refractivity contribution is 5.86. The Morgan fingerprint density at radius 1 is 0.913 bits per heavy atom. The van der Waals surface area contributed by atoms with Crippen LogP contribution in [0.25, 0.3) is 22.2 Å². The van der Waals surface area contributed by atoms with Crippen LogP contribution in [0.15, 0.2) is 48.5 Å². The first-order valence-electron chi connectivity index (χ1n) is 7.37. The molecule has 0 saturated heterocycles. The van der Waals surface area contributed by atoms with E-state index in [-0.39, 0.29) is 5.56 Å². The highest BCUT2D eigenvalue weighted by Crippen LogP contribution is 2.32. The van der Waals surface area contributed by atoms with Crippen molar-refractivity contribution in [3.63, 3.8) is 0 Å². The average Bonchev–Trinajstić information content (AvgIpc) is 2.46. The molecule has 1 aromatic heterocycles. The second-order valence-electron chi connectivity index (χ2n) is 5.75. The summed E-state index contributed by atoms with van der Waals surface area (Å²) in [4.78, 5) is 4.67. The maximum absolute atomic E-state index is 12.8. The van der Waals surface area contributed by atoms with Crippen molar-refractivity contribution in [1.29, 1.82) is 0 Å². The third kappa shape index (κ3) is 3.21. The highest BCUT2D eigenvalue weighted by Gasteiger charge is 2.29. The summed E-state index contributed by atoms with van der Waals surface area (Å²) >= 11 is 0. The number of nitrogens with zero attached hydrogens (tertiary/aromatic N) is 1. The second-order valence-corrected chi connectivity index (χ2v) is 5.75. The van der Waals surface area contributed by atoms with Gasteiger partial charge >= 0.3 is 6.18 Å². The lowest BCUT2D eigenvalue weighted by atomic mass is 9.97. The van der Waals surface area contributed by atoms with E-state index in [1.165, 1.54) is 6.07 Å². The first-order chi connectivity index (χ1) is 10.8. The summed E-state index contributed by atoms with van der Waals surface area (Å²) in [5, 5.41) is 1.000. The van der Waals surface area contributed by atoms with Crippen LogP contribution in [0.2, 0.25) is 0 Å². The van der Waals surface area contributed by atoms with Crippen LogP contribution < -0.4 is 0 Å². The second kappa shape index (κ2) is 5.69. The third-order valence-electron chi connectivity index (χ3n) is 3.90. The molecule has 0 bridgehead atoms. The van der Waals surface area contributed by atoms with Crippen LogP contribution in [0.1, 0.15) is 16.7 Å². The van der Waals surface area contributed by atoms with Crippen LogP contribution in [-0.2, 0) is 6.42 Å². The molecule has 0 spiro atoms. The SMILES string of the molecule is Cc1cc2cccc(C)c2nc1-c1ccccc1CC(F)(F)F. The number of benzene rings is 2. The van der Waals surface area contributed by atoms with Gasteiger partial charge in [-0.05, 0) is 36.6 Å². The standard InChI is InChI=1S/C19H16F3N/c1-12-6-5-8-14-10-13(2)18(23-17(12)14)16-9-4-3-7-15(16)11-19(20,21)22/h3-10H,11H2,1-2H3. The number of aromatic nitrogens is 1. The van der Waals surface area contributed by atoms with E-state index in [9.17, 15) is 13.2 Å². The molecule has 0 aliphatic carbocycles. The minimum absolute atomic E-state index is 0.253. The van der Waals surface area contributed by atoms with Crippen molar-refractivity contribution in [1.82, 2.24) is 4.98 Å². The lowest BCUT2D eigenvalue weighted by Crippen LogP contribution is -2.12. The summed E-state index contributed by atoms with van der Waals surface area (Å²) in [6.07, 6.45) is -5.19. The number of halogens is 3. The van der Waals surface area contributed by atoms with Crippen molar-refractivity contribution in [3.8, 4) is 11.3 Å². The zero-order chi connectivity index (χ0) is 16.6. The molecule has 1 nitrogen and oxygen atoms in total. The predicted octanol–water partition coefficient (Wildman–Crippen LogP) is 5.62. The van der Waals surface area contributed by atoms with Gasteiger partial charge in [0.15, 0.2) is 0 Å². The van der Waals surface area contributed by atoms with E-state index in [2.05, 4.69) is 4.98 Å². The Balaban J connectivity index is 2.21. The Labute approximate surface area is 132 Å². The molecular formula is C19H16F3N. The molecule has 0 N–H and O–H groups in total. The normalized spacial score (nSPS) is 11.9. The highest BCUT2D eigenvalue weighted by atomic mass is 19.4. The first-order valence-corrected chi connectivity index (χ1v) is 7.37. The van der Waals surface area contributed by atoms with Gasteiger partial charge in [0.25, 0.3) is 0 Å². The fourth-order valence-corrected chi connectivity index (χ4v) is 2.85. The first kappa shape index (κ1) is 15.5. The maximum atomic E-state index is 12.8. The zero-order valence-corrected chi connectivity index (χ0v) is 12.9. The van der Waals surface area contributed by atoms with Crippen LogP contribution in [0.3, 0.4) is 0 Å². The molecule has 23 heavy (non-hydrogen) atoms. The zero-order valence-electron chi connectivity index (χ0n) is 12.9. The fraction of sp³-hybridized carbons (Fsp3) is 0.211. The van der Waals surface area contributed by atoms with E-state index in [0.29, 0.717) is 11.3 Å². The molecule has 3 aromatic rings. The summed E-state index contributed by atoms with van der Waals surface area (Å²) in [6.45, 7) is 3.84. The fourth-order valence-electron chi connectivity index (χ4n) is 2.85. The van der Waals surface area contributed by atoms with E-state index in [4.69, 9.17) is 0 Å². The molecule has 0 aliphatic heterocycles. The average molecular weight is 315 g/mol. The Kier molecular flexibility index (Phi) is 3.84. The number of hydrogen-bond donors (Lipinski definition) is 0. The molecule has 0 radical (unpaired) electrons. The summed E-state index contributed by atoms with van der Waals surface area (Å²) in [7, 11) is 0. The smallest absolute Gasteiger partial charge is 0.247 e. The van der Waals surface area contributed by atoms with Crippen LogP contribution >= 0.6 is 0 Å². The van der Waals surface area contributed by atoms with Gasteiger partial charge in [-0.3, -0.25) is 0 Å². The van der Waals surface area contributed by atoms with Crippen molar-refractivity contribution in [2.45, 2.75) is 26.4 Å². The van der Waals surface area contributed by atoms with Crippen molar-refractivity contribution in [2.75, 3.05) is 0 Å². The predicted molar refractivity (Wildman–Crippen MR) is 86.4 cm³/mol. The van der Waals surface area contributed by atoms with Crippen molar-refractivity contribution in [3.05, 3.63) is 65.2 Å². The molecule has 0 amide bonds. The van der Waals surface area contributed by atoms with E-state index in [1.807, 2.05) is 38.1 Å². The van der Waals surface area contributed by atoms with E-state index in [1.54, 1.807) is 18.2 Å². The van der Waals surface area contributed by atoms with E-state index in [0.717, 1.165) is 22.0 Å². The Bertz CT molecular complexity index is 866. The van der Waals surface area contributed by atoms with Crippen LogP contribution in [0.4, 0.5) is 13.2 Å². The molecule has 0 aliphatic rings. The molecule has 0 unspecified atom stereocenters. The molecule has 1 heterocycles. The summed E-state index contributed by atoms with van der Waals surface area (Å²) in [5.41, 5.74) is 4.13. The summed E-state index contributed by atoms with van der Waals surface area (Å²) in [5.74, 6) is 0. The van der Waals surface area contributed by atoms with Gasteiger partial charge in [0.1, 0.15) is 0 Å². The third-order valence-corrected chi connectivity index (χ3v) is 3.90. The number of para-hydroxylation sites is 1. The van der Waals surface area contributed by atoms with E-state index >= 15 is 0 Å². The molecule has 0 fully saturated rings. The van der Waals surface area contributed by atoms with E-state index < -0.39 is 12.6 Å². The minimum atomic E-state index is -4.24. The Morgan fingerprint density at radius 2 is 1.65 bits per heavy atom. The van der Waals surface area contributed by atoms with Gasteiger partial charge in [-0.2, -0.15) is 13.2 Å². The van der Waals surface area contributed by atoms with Gasteiger partial charge in [-0.25, -0.2) is 4.98 Å². The Hall–Kier alpha value is -2.36. The number of pyridine rings is 1.